The first-order chi connectivity index (χ1) is 12.2. The highest BCUT2D eigenvalue weighted by molar-refractivity contribution is 6.08. The molecule has 1 aromatic heterocycles. The molecule has 0 bridgehead atoms. The lowest BCUT2D eigenvalue weighted by Gasteiger charge is -1.98. The molecule has 122 valence electrons. The maximum Gasteiger partial charge on any atom is 0.307 e. The van der Waals surface area contributed by atoms with Crippen molar-refractivity contribution < 1.29 is 9.21 Å². The number of hydrazone groups is 1. The molecule has 0 fully saturated rings. The van der Waals surface area contributed by atoms with Crippen molar-refractivity contribution in [3.8, 4) is 0 Å². The molecule has 4 aromatic rings. The molecule has 1 heterocycles. The van der Waals surface area contributed by atoms with Crippen molar-refractivity contribution in [1.29, 1.82) is 0 Å². The number of carbonyl (C=O) groups excluding carboxylic acids is 1. The second-order valence-electron chi connectivity index (χ2n) is 5.86. The Hall–Kier alpha value is -3.40. The molecule has 0 radical (unpaired) electrons. The van der Waals surface area contributed by atoms with Gasteiger partial charge in [0.25, 0.3) is 0 Å². The van der Waals surface area contributed by atoms with Crippen LogP contribution in [0.5, 0.6) is 0 Å². The molecule has 4 heteroatoms. The van der Waals surface area contributed by atoms with Crippen LogP contribution in [0.3, 0.4) is 0 Å². The van der Waals surface area contributed by atoms with Crippen LogP contribution in [0, 0.1) is 6.92 Å². The SMILES string of the molecule is Cc1ccccc1/C=N\NC(=O)c1cc2c(ccc3ccccc32)o1. The molecule has 0 unspecified atom stereocenters. The first-order valence-electron chi connectivity index (χ1n) is 8.03. The van der Waals surface area contributed by atoms with Crippen molar-refractivity contribution in [1.82, 2.24) is 5.43 Å². The van der Waals surface area contributed by atoms with Gasteiger partial charge in [0.1, 0.15) is 5.58 Å². The number of rotatable bonds is 3. The lowest BCUT2D eigenvalue weighted by atomic mass is 10.1. The Morgan fingerprint density at radius 2 is 1.80 bits per heavy atom. The molecule has 0 saturated carbocycles. The lowest BCUT2D eigenvalue weighted by Crippen LogP contribution is -2.16. The maximum absolute atomic E-state index is 12.3. The molecule has 0 spiro atoms. The summed E-state index contributed by atoms with van der Waals surface area (Å²) in [5, 5.41) is 7.12. The van der Waals surface area contributed by atoms with E-state index in [2.05, 4.69) is 10.5 Å². The van der Waals surface area contributed by atoms with Gasteiger partial charge in [0.2, 0.25) is 0 Å². The summed E-state index contributed by atoms with van der Waals surface area (Å²) in [5.74, 6) is -0.126. The average molecular weight is 328 g/mol. The quantitative estimate of drug-likeness (QED) is 0.439. The van der Waals surface area contributed by atoms with E-state index >= 15 is 0 Å². The molecular formula is C21H16N2O2. The average Bonchev–Trinajstić information content (AvgIpc) is 3.08. The third-order valence-electron chi connectivity index (χ3n) is 4.21. The Labute approximate surface area is 144 Å². The number of furan rings is 1. The number of amides is 1. The van der Waals surface area contributed by atoms with Gasteiger partial charge < -0.3 is 4.42 Å². The second kappa shape index (κ2) is 6.24. The van der Waals surface area contributed by atoms with E-state index in [0.29, 0.717) is 5.58 Å². The molecule has 0 aliphatic carbocycles. The highest BCUT2D eigenvalue weighted by Gasteiger charge is 2.13. The summed E-state index contributed by atoms with van der Waals surface area (Å²) < 4.78 is 5.68. The van der Waals surface area contributed by atoms with E-state index < -0.39 is 0 Å². The van der Waals surface area contributed by atoms with Crippen LogP contribution in [0.25, 0.3) is 21.7 Å². The van der Waals surface area contributed by atoms with E-state index in [1.807, 2.05) is 67.6 Å². The van der Waals surface area contributed by atoms with Crippen LogP contribution in [0.2, 0.25) is 0 Å². The molecule has 3 aromatic carbocycles. The summed E-state index contributed by atoms with van der Waals surface area (Å²) in [6.45, 7) is 1.99. The minimum atomic E-state index is -0.370. The molecule has 4 nitrogen and oxygen atoms in total. The van der Waals surface area contributed by atoms with Gasteiger partial charge >= 0.3 is 5.91 Å². The zero-order valence-electron chi connectivity index (χ0n) is 13.7. The zero-order chi connectivity index (χ0) is 17.2. The van der Waals surface area contributed by atoms with Gasteiger partial charge in [-0.05, 0) is 41.0 Å². The number of hydrogen-bond donors (Lipinski definition) is 1. The lowest BCUT2D eigenvalue weighted by molar-refractivity contribution is 0.0929. The van der Waals surface area contributed by atoms with Gasteiger partial charge in [0.05, 0.1) is 6.21 Å². The maximum atomic E-state index is 12.3. The third-order valence-corrected chi connectivity index (χ3v) is 4.21. The third kappa shape index (κ3) is 2.90. The predicted molar refractivity (Wildman–Crippen MR) is 100.0 cm³/mol. The number of benzene rings is 3. The Bertz CT molecular complexity index is 1110. The summed E-state index contributed by atoms with van der Waals surface area (Å²) in [6, 6.07) is 21.5. The summed E-state index contributed by atoms with van der Waals surface area (Å²) >= 11 is 0. The fourth-order valence-corrected chi connectivity index (χ4v) is 2.85. The topological polar surface area (TPSA) is 54.6 Å². The van der Waals surface area contributed by atoms with Crippen molar-refractivity contribution in [2.75, 3.05) is 0 Å². The summed E-state index contributed by atoms with van der Waals surface area (Å²) in [5.41, 5.74) is 5.26. The number of fused-ring (bicyclic) bond motifs is 3. The monoisotopic (exact) mass is 328 g/mol. The molecular weight excluding hydrogens is 312 g/mol. The molecule has 1 N–H and O–H groups in total. The van der Waals surface area contributed by atoms with E-state index in [1.54, 1.807) is 12.3 Å². The molecule has 0 aliphatic rings. The normalized spacial score (nSPS) is 11.4. The van der Waals surface area contributed by atoms with Gasteiger partial charge in [-0.15, -0.1) is 0 Å². The van der Waals surface area contributed by atoms with Crippen LogP contribution in [-0.4, -0.2) is 12.1 Å². The summed E-state index contributed by atoms with van der Waals surface area (Å²) in [4.78, 5) is 12.3. The molecule has 4 rings (SSSR count). The van der Waals surface area contributed by atoms with Crippen LogP contribution in [0.15, 0.2) is 76.2 Å². The van der Waals surface area contributed by atoms with Gasteiger partial charge in [-0.2, -0.15) is 5.10 Å². The molecule has 1 amide bonds. The van der Waals surface area contributed by atoms with Gasteiger partial charge in [-0.25, -0.2) is 5.43 Å². The number of hydrogen-bond acceptors (Lipinski definition) is 3. The van der Waals surface area contributed by atoms with Crippen molar-refractivity contribution in [3.63, 3.8) is 0 Å². The summed E-state index contributed by atoms with van der Waals surface area (Å²) in [6.07, 6.45) is 1.63. The van der Waals surface area contributed by atoms with Crippen LogP contribution >= 0.6 is 0 Å². The van der Waals surface area contributed by atoms with Crippen LogP contribution < -0.4 is 5.43 Å². The van der Waals surface area contributed by atoms with Gasteiger partial charge in [-0.1, -0.05) is 54.6 Å². The first-order valence-corrected chi connectivity index (χ1v) is 8.03. The summed E-state index contributed by atoms with van der Waals surface area (Å²) in [7, 11) is 0. The van der Waals surface area contributed by atoms with Crippen LogP contribution in [0.1, 0.15) is 21.7 Å². The molecule has 0 atom stereocenters. The van der Waals surface area contributed by atoms with E-state index in [4.69, 9.17) is 4.42 Å². The highest BCUT2D eigenvalue weighted by Crippen LogP contribution is 2.28. The van der Waals surface area contributed by atoms with Gasteiger partial charge in [-0.3, -0.25) is 4.79 Å². The van der Waals surface area contributed by atoms with E-state index in [0.717, 1.165) is 27.3 Å². The minimum Gasteiger partial charge on any atom is -0.451 e. The van der Waals surface area contributed by atoms with E-state index in [1.165, 1.54) is 0 Å². The first kappa shape index (κ1) is 15.1. The second-order valence-corrected chi connectivity index (χ2v) is 5.86. The smallest absolute Gasteiger partial charge is 0.307 e. The molecule has 0 saturated heterocycles. The van der Waals surface area contributed by atoms with Crippen LogP contribution in [-0.2, 0) is 0 Å². The Kier molecular flexibility index (Phi) is 3.78. The van der Waals surface area contributed by atoms with E-state index in [-0.39, 0.29) is 11.7 Å². The largest absolute Gasteiger partial charge is 0.451 e. The Balaban J connectivity index is 1.60. The van der Waals surface area contributed by atoms with Crippen LogP contribution in [0.4, 0.5) is 0 Å². The molecule has 0 aliphatic heterocycles. The number of carbonyl (C=O) groups is 1. The fourth-order valence-electron chi connectivity index (χ4n) is 2.85. The van der Waals surface area contributed by atoms with Crippen molar-refractivity contribution in [2.45, 2.75) is 6.92 Å². The van der Waals surface area contributed by atoms with Crippen molar-refractivity contribution in [3.05, 3.63) is 83.6 Å². The zero-order valence-corrected chi connectivity index (χ0v) is 13.7. The standard InChI is InChI=1S/C21H16N2O2/c1-14-6-2-3-8-16(14)13-22-23-21(24)20-12-18-17-9-5-4-7-15(17)10-11-19(18)25-20/h2-13H,1H3,(H,23,24)/b22-13-. The fraction of sp³-hybridized carbons (Fsp3) is 0.0476. The number of nitrogens with zero attached hydrogens (tertiary/aromatic N) is 1. The van der Waals surface area contributed by atoms with Gasteiger partial charge in [0.15, 0.2) is 5.76 Å². The Morgan fingerprint density at radius 3 is 2.68 bits per heavy atom. The Morgan fingerprint density at radius 1 is 1.00 bits per heavy atom. The number of aryl methyl sites for hydroxylation is 1. The predicted octanol–water partition coefficient (Wildman–Crippen LogP) is 4.66. The van der Waals surface area contributed by atoms with E-state index in [9.17, 15) is 4.79 Å². The molecule has 25 heavy (non-hydrogen) atoms. The highest BCUT2D eigenvalue weighted by atomic mass is 16.3. The minimum absolute atomic E-state index is 0.244. The number of nitrogens with one attached hydrogen (secondary N) is 1. The van der Waals surface area contributed by atoms with Crippen molar-refractivity contribution >= 4 is 33.9 Å². The van der Waals surface area contributed by atoms with Crippen molar-refractivity contribution in [2.24, 2.45) is 5.10 Å². The van der Waals surface area contributed by atoms with Gasteiger partial charge in [0, 0.05) is 5.39 Å².